The van der Waals surface area contributed by atoms with Crippen LogP contribution in [0.2, 0.25) is 0 Å². The van der Waals surface area contributed by atoms with Crippen LogP contribution < -0.4 is 0 Å². The van der Waals surface area contributed by atoms with Gasteiger partial charge in [0.15, 0.2) is 9.84 Å². The molecule has 0 aliphatic heterocycles. The van der Waals surface area contributed by atoms with Crippen LogP contribution in [-0.4, -0.2) is 30.2 Å². The summed E-state index contributed by atoms with van der Waals surface area (Å²) in [5.41, 5.74) is 1.63. The summed E-state index contributed by atoms with van der Waals surface area (Å²) in [6, 6.07) is 4.91. The fraction of sp³-hybridized carbons (Fsp3) is 0.357. The number of hydrogen-bond donors (Lipinski definition) is 2. The first-order valence-electron chi connectivity index (χ1n) is 6.40. The van der Waals surface area contributed by atoms with Crippen LogP contribution in [0.1, 0.15) is 19.4 Å². The molecule has 2 N–H and O–H groups in total. The average Bonchev–Trinajstić information content (AvgIpc) is 2.81. The third kappa shape index (κ3) is 2.70. The van der Waals surface area contributed by atoms with Gasteiger partial charge < -0.3 is 10.1 Å². The van der Waals surface area contributed by atoms with Gasteiger partial charge in [0.25, 0.3) is 0 Å². The third-order valence-corrected chi connectivity index (χ3v) is 5.16. The summed E-state index contributed by atoms with van der Waals surface area (Å²) in [7, 11) is -3.26. The van der Waals surface area contributed by atoms with Crippen LogP contribution in [0.25, 0.3) is 10.9 Å². The molecule has 108 valence electrons. The molecular formula is C14H17NO4S. The molecule has 2 aromatic rings. The lowest BCUT2D eigenvalue weighted by Crippen LogP contribution is -2.12. The monoisotopic (exact) mass is 295 g/mol. The van der Waals surface area contributed by atoms with Crippen LogP contribution in [0.4, 0.5) is 0 Å². The molecule has 0 amide bonds. The fourth-order valence-electron chi connectivity index (χ4n) is 2.10. The number of H-pyrrole nitrogens is 1. The molecule has 1 aromatic carbocycles. The van der Waals surface area contributed by atoms with E-state index in [0.29, 0.717) is 6.42 Å². The molecule has 0 saturated carbocycles. The maximum absolute atomic E-state index is 11.9. The maximum atomic E-state index is 11.9. The Hall–Kier alpha value is -1.82. The summed E-state index contributed by atoms with van der Waals surface area (Å²) in [6.45, 7) is 3.23. The summed E-state index contributed by atoms with van der Waals surface area (Å²) in [4.78, 5) is 14.2. The Morgan fingerprint density at radius 2 is 2.10 bits per heavy atom. The van der Waals surface area contributed by atoms with Gasteiger partial charge in [0.1, 0.15) is 0 Å². The highest BCUT2D eigenvalue weighted by molar-refractivity contribution is 7.91. The molecule has 20 heavy (non-hydrogen) atoms. The Bertz CT molecular complexity index is 746. The predicted octanol–water partition coefficient (Wildman–Crippen LogP) is 2.22. The number of carboxylic acid groups (broad SMARTS) is 1. The third-order valence-electron chi connectivity index (χ3n) is 3.43. The summed E-state index contributed by atoms with van der Waals surface area (Å²) >= 11 is 0. The highest BCUT2D eigenvalue weighted by Gasteiger charge is 2.17. The van der Waals surface area contributed by atoms with Crippen LogP contribution in [0.15, 0.2) is 29.3 Å². The van der Waals surface area contributed by atoms with Crippen molar-refractivity contribution in [2.24, 2.45) is 5.92 Å². The van der Waals surface area contributed by atoms with E-state index < -0.39 is 21.7 Å². The SMILES string of the molecule is CCS(=O)(=O)c1ccc2[nH]cc(CC(C)C(=O)O)c2c1. The van der Waals surface area contributed by atoms with Gasteiger partial charge in [-0.25, -0.2) is 8.42 Å². The largest absolute Gasteiger partial charge is 0.481 e. The second kappa shape index (κ2) is 5.28. The number of nitrogens with one attached hydrogen (secondary N) is 1. The molecule has 0 bridgehead atoms. The van der Waals surface area contributed by atoms with E-state index in [9.17, 15) is 13.2 Å². The molecule has 0 aliphatic carbocycles. The lowest BCUT2D eigenvalue weighted by Gasteiger charge is -2.06. The quantitative estimate of drug-likeness (QED) is 0.885. The summed E-state index contributed by atoms with van der Waals surface area (Å²) < 4.78 is 23.8. The molecule has 0 aliphatic rings. The van der Waals surface area contributed by atoms with Gasteiger partial charge in [-0.2, -0.15) is 0 Å². The number of aromatic nitrogens is 1. The Morgan fingerprint density at radius 3 is 2.70 bits per heavy atom. The first-order valence-corrected chi connectivity index (χ1v) is 8.06. The number of aliphatic carboxylic acids is 1. The van der Waals surface area contributed by atoms with Gasteiger partial charge in [-0.05, 0) is 30.2 Å². The van der Waals surface area contributed by atoms with E-state index in [1.807, 2.05) is 0 Å². The Balaban J connectivity index is 2.48. The summed E-state index contributed by atoms with van der Waals surface area (Å²) in [5.74, 6) is -1.33. The van der Waals surface area contributed by atoms with Crippen molar-refractivity contribution in [3.05, 3.63) is 30.0 Å². The van der Waals surface area contributed by atoms with Gasteiger partial charge in [0.2, 0.25) is 0 Å². The first kappa shape index (κ1) is 14.6. The van der Waals surface area contributed by atoms with E-state index in [-0.39, 0.29) is 10.6 Å². The molecule has 1 aromatic heterocycles. The van der Waals surface area contributed by atoms with Gasteiger partial charge in [-0.3, -0.25) is 4.79 Å². The van der Waals surface area contributed by atoms with Gasteiger partial charge in [-0.1, -0.05) is 13.8 Å². The standard InChI is InChI=1S/C14H17NO4S/c1-3-20(18,19)11-4-5-13-12(7-11)10(8-15-13)6-9(2)14(16)17/h4-5,7-9,15H,3,6H2,1-2H3,(H,16,17). The van der Waals surface area contributed by atoms with Crippen molar-refractivity contribution >= 4 is 26.7 Å². The van der Waals surface area contributed by atoms with E-state index in [0.717, 1.165) is 16.5 Å². The molecule has 2 rings (SSSR count). The molecule has 0 saturated heterocycles. The minimum Gasteiger partial charge on any atom is -0.481 e. The molecule has 0 radical (unpaired) electrons. The number of hydrogen-bond acceptors (Lipinski definition) is 3. The van der Waals surface area contributed by atoms with Crippen LogP contribution >= 0.6 is 0 Å². The van der Waals surface area contributed by atoms with Crippen molar-refractivity contribution in [2.75, 3.05) is 5.75 Å². The predicted molar refractivity (Wildman–Crippen MR) is 76.5 cm³/mol. The molecule has 0 fully saturated rings. The van der Waals surface area contributed by atoms with E-state index in [1.165, 1.54) is 0 Å². The van der Waals surface area contributed by atoms with E-state index in [2.05, 4.69) is 4.98 Å². The smallest absolute Gasteiger partial charge is 0.306 e. The molecule has 6 heteroatoms. The van der Waals surface area contributed by atoms with Crippen LogP contribution in [-0.2, 0) is 21.1 Å². The van der Waals surface area contributed by atoms with E-state index >= 15 is 0 Å². The highest BCUT2D eigenvalue weighted by Crippen LogP contribution is 2.24. The lowest BCUT2D eigenvalue weighted by molar-refractivity contribution is -0.141. The normalized spacial score (nSPS) is 13.5. The highest BCUT2D eigenvalue weighted by atomic mass is 32.2. The second-order valence-corrected chi connectivity index (χ2v) is 7.15. The Morgan fingerprint density at radius 1 is 1.40 bits per heavy atom. The zero-order valence-corrected chi connectivity index (χ0v) is 12.2. The van der Waals surface area contributed by atoms with Gasteiger partial charge in [-0.15, -0.1) is 0 Å². The van der Waals surface area contributed by atoms with Crippen LogP contribution in [0.5, 0.6) is 0 Å². The zero-order valence-electron chi connectivity index (χ0n) is 11.4. The molecule has 1 atom stereocenters. The first-order chi connectivity index (χ1) is 9.35. The number of benzene rings is 1. The number of aromatic amines is 1. The van der Waals surface area contributed by atoms with Crippen molar-refractivity contribution in [1.29, 1.82) is 0 Å². The minimum atomic E-state index is -3.26. The Kier molecular flexibility index (Phi) is 3.85. The second-order valence-electron chi connectivity index (χ2n) is 4.87. The van der Waals surface area contributed by atoms with Crippen LogP contribution in [0.3, 0.4) is 0 Å². The molecular weight excluding hydrogens is 278 g/mol. The van der Waals surface area contributed by atoms with Crippen molar-refractivity contribution < 1.29 is 18.3 Å². The van der Waals surface area contributed by atoms with Gasteiger partial charge >= 0.3 is 5.97 Å². The van der Waals surface area contributed by atoms with E-state index in [4.69, 9.17) is 5.11 Å². The molecule has 5 nitrogen and oxygen atoms in total. The van der Waals surface area contributed by atoms with Crippen molar-refractivity contribution in [3.8, 4) is 0 Å². The topological polar surface area (TPSA) is 87.2 Å². The number of carboxylic acids is 1. The van der Waals surface area contributed by atoms with Crippen molar-refractivity contribution in [1.82, 2.24) is 4.98 Å². The number of rotatable bonds is 5. The fourth-order valence-corrected chi connectivity index (χ4v) is 3.01. The number of fused-ring (bicyclic) bond motifs is 1. The lowest BCUT2D eigenvalue weighted by atomic mass is 10.0. The Labute approximate surface area is 117 Å². The van der Waals surface area contributed by atoms with Gasteiger partial charge in [0.05, 0.1) is 16.6 Å². The van der Waals surface area contributed by atoms with Crippen LogP contribution in [0, 0.1) is 5.92 Å². The number of carbonyl (C=O) groups is 1. The average molecular weight is 295 g/mol. The summed E-state index contributed by atoms with van der Waals surface area (Å²) in [5, 5.41) is 9.74. The number of sulfone groups is 1. The molecule has 0 spiro atoms. The molecule has 1 heterocycles. The van der Waals surface area contributed by atoms with E-state index in [1.54, 1.807) is 38.2 Å². The molecule has 1 unspecified atom stereocenters. The van der Waals surface area contributed by atoms with Crippen molar-refractivity contribution in [2.45, 2.75) is 25.2 Å². The van der Waals surface area contributed by atoms with Gasteiger partial charge in [0, 0.05) is 17.1 Å². The van der Waals surface area contributed by atoms with Crippen molar-refractivity contribution in [3.63, 3.8) is 0 Å². The summed E-state index contributed by atoms with van der Waals surface area (Å²) in [6.07, 6.45) is 2.11. The maximum Gasteiger partial charge on any atom is 0.306 e. The minimum absolute atomic E-state index is 0.0454. The zero-order chi connectivity index (χ0) is 14.9.